The van der Waals surface area contributed by atoms with Gasteiger partial charge in [0.2, 0.25) is 0 Å². The van der Waals surface area contributed by atoms with E-state index in [-0.39, 0.29) is 0 Å². The molecule has 2 unspecified atom stereocenters. The lowest BCUT2D eigenvalue weighted by Gasteiger charge is -2.26. The third-order valence-corrected chi connectivity index (χ3v) is 4.32. The minimum atomic E-state index is 0.369. The first-order chi connectivity index (χ1) is 10.3. The van der Waals surface area contributed by atoms with Crippen LogP contribution >= 0.6 is 0 Å². The molecule has 3 rings (SSSR count). The van der Waals surface area contributed by atoms with Gasteiger partial charge in [-0.2, -0.15) is 0 Å². The van der Waals surface area contributed by atoms with Crippen LogP contribution in [0.25, 0.3) is 0 Å². The summed E-state index contributed by atoms with van der Waals surface area (Å²) in [6, 6.07) is 8.79. The fourth-order valence-corrected chi connectivity index (χ4v) is 3.01. The van der Waals surface area contributed by atoms with Gasteiger partial charge in [-0.25, -0.2) is 0 Å². The van der Waals surface area contributed by atoms with Crippen molar-refractivity contribution in [3.8, 4) is 0 Å². The van der Waals surface area contributed by atoms with Gasteiger partial charge in [-0.3, -0.25) is 4.90 Å². The van der Waals surface area contributed by atoms with Crippen LogP contribution in [0.5, 0.6) is 0 Å². The van der Waals surface area contributed by atoms with Crippen LogP contribution < -0.4 is 5.32 Å². The Morgan fingerprint density at radius 3 is 2.57 bits per heavy atom. The fraction of sp³-hybridized carbons (Fsp3) is 0.647. The van der Waals surface area contributed by atoms with E-state index >= 15 is 0 Å². The van der Waals surface area contributed by atoms with E-state index < -0.39 is 0 Å². The third-order valence-electron chi connectivity index (χ3n) is 4.32. The molecule has 2 fully saturated rings. The summed E-state index contributed by atoms with van der Waals surface area (Å²) in [7, 11) is 0. The Kier molecular flexibility index (Phi) is 5.12. The van der Waals surface area contributed by atoms with E-state index in [1.165, 1.54) is 24.1 Å². The largest absolute Gasteiger partial charge is 0.382 e. The van der Waals surface area contributed by atoms with Crippen molar-refractivity contribution in [1.82, 2.24) is 4.90 Å². The standard InChI is InChI=1S/C17H26N2O2/c1-14-2-7-17(21-14)12-18-16-5-3-15(4-6-16)13-19-8-10-20-11-9-19/h3-6,14,17-18H,2,7-13H2,1H3. The van der Waals surface area contributed by atoms with E-state index in [4.69, 9.17) is 9.47 Å². The topological polar surface area (TPSA) is 33.7 Å². The Morgan fingerprint density at radius 1 is 1.14 bits per heavy atom. The predicted molar refractivity (Wildman–Crippen MR) is 84.6 cm³/mol. The van der Waals surface area contributed by atoms with E-state index in [2.05, 4.69) is 41.4 Å². The highest BCUT2D eigenvalue weighted by Crippen LogP contribution is 2.20. The van der Waals surface area contributed by atoms with Crippen LogP contribution in [0.15, 0.2) is 24.3 Å². The number of anilines is 1. The minimum Gasteiger partial charge on any atom is -0.382 e. The van der Waals surface area contributed by atoms with Gasteiger partial charge in [0.05, 0.1) is 25.4 Å². The van der Waals surface area contributed by atoms with Crippen LogP contribution in [0, 0.1) is 0 Å². The highest BCUT2D eigenvalue weighted by molar-refractivity contribution is 5.44. The van der Waals surface area contributed by atoms with Crippen molar-refractivity contribution in [2.75, 3.05) is 38.2 Å². The summed E-state index contributed by atoms with van der Waals surface area (Å²) in [4.78, 5) is 2.44. The fourth-order valence-electron chi connectivity index (χ4n) is 3.01. The van der Waals surface area contributed by atoms with Gasteiger partial charge in [-0.05, 0) is 37.5 Å². The zero-order valence-electron chi connectivity index (χ0n) is 12.9. The zero-order valence-corrected chi connectivity index (χ0v) is 12.9. The number of hydrogen-bond donors (Lipinski definition) is 1. The second-order valence-corrected chi connectivity index (χ2v) is 6.11. The van der Waals surface area contributed by atoms with Crippen molar-refractivity contribution in [1.29, 1.82) is 0 Å². The van der Waals surface area contributed by atoms with E-state index in [1.807, 2.05) is 0 Å². The lowest BCUT2D eigenvalue weighted by atomic mass is 10.1. The lowest BCUT2D eigenvalue weighted by molar-refractivity contribution is 0.0342. The minimum absolute atomic E-state index is 0.369. The molecule has 0 amide bonds. The van der Waals surface area contributed by atoms with Crippen molar-refractivity contribution in [2.45, 2.75) is 38.5 Å². The van der Waals surface area contributed by atoms with Crippen molar-refractivity contribution in [2.24, 2.45) is 0 Å². The highest BCUT2D eigenvalue weighted by atomic mass is 16.5. The maximum Gasteiger partial charge on any atom is 0.0751 e. The average Bonchev–Trinajstić information content (AvgIpc) is 2.93. The molecular weight excluding hydrogens is 264 g/mol. The van der Waals surface area contributed by atoms with Gasteiger partial charge < -0.3 is 14.8 Å². The molecule has 2 aliphatic rings. The Morgan fingerprint density at radius 2 is 1.90 bits per heavy atom. The van der Waals surface area contributed by atoms with Gasteiger partial charge in [0.25, 0.3) is 0 Å². The van der Waals surface area contributed by atoms with Gasteiger partial charge in [-0.15, -0.1) is 0 Å². The predicted octanol–water partition coefficient (Wildman–Crippen LogP) is 2.50. The number of rotatable bonds is 5. The Hall–Kier alpha value is -1.10. The van der Waals surface area contributed by atoms with Crippen molar-refractivity contribution in [3.05, 3.63) is 29.8 Å². The average molecular weight is 290 g/mol. The summed E-state index contributed by atoms with van der Waals surface area (Å²) in [5, 5.41) is 3.48. The molecule has 2 aliphatic heterocycles. The molecule has 0 radical (unpaired) electrons. The van der Waals surface area contributed by atoms with Gasteiger partial charge >= 0.3 is 0 Å². The maximum atomic E-state index is 5.83. The molecule has 2 saturated heterocycles. The van der Waals surface area contributed by atoms with Crippen LogP contribution in [-0.2, 0) is 16.0 Å². The number of morpholine rings is 1. The monoisotopic (exact) mass is 290 g/mol. The summed E-state index contributed by atoms with van der Waals surface area (Å²) in [6.07, 6.45) is 3.15. The molecule has 0 spiro atoms. The normalized spacial score (nSPS) is 26.9. The summed E-state index contributed by atoms with van der Waals surface area (Å²) < 4.78 is 11.2. The molecule has 0 aliphatic carbocycles. The molecule has 21 heavy (non-hydrogen) atoms. The van der Waals surface area contributed by atoms with E-state index in [9.17, 15) is 0 Å². The van der Waals surface area contributed by atoms with Gasteiger partial charge in [-0.1, -0.05) is 12.1 Å². The second kappa shape index (κ2) is 7.25. The molecule has 4 heteroatoms. The second-order valence-electron chi connectivity index (χ2n) is 6.11. The molecule has 116 valence electrons. The van der Waals surface area contributed by atoms with Gasteiger partial charge in [0.15, 0.2) is 0 Å². The lowest BCUT2D eigenvalue weighted by Crippen LogP contribution is -2.35. The molecule has 1 aromatic rings. The molecule has 0 saturated carbocycles. The first-order valence-electron chi connectivity index (χ1n) is 8.08. The molecule has 1 N–H and O–H groups in total. The van der Waals surface area contributed by atoms with E-state index in [1.54, 1.807) is 0 Å². The molecular formula is C17H26N2O2. The molecule has 4 nitrogen and oxygen atoms in total. The SMILES string of the molecule is CC1CCC(CNc2ccc(CN3CCOCC3)cc2)O1. The Bertz CT molecular complexity index is 429. The van der Waals surface area contributed by atoms with Crippen molar-refractivity contribution in [3.63, 3.8) is 0 Å². The summed E-state index contributed by atoms with van der Waals surface area (Å²) in [5.41, 5.74) is 2.55. The zero-order chi connectivity index (χ0) is 14.5. The van der Waals surface area contributed by atoms with E-state index in [0.29, 0.717) is 12.2 Å². The molecule has 1 aromatic carbocycles. The smallest absolute Gasteiger partial charge is 0.0751 e. The van der Waals surface area contributed by atoms with Crippen LogP contribution in [0.4, 0.5) is 5.69 Å². The number of benzene rings is 1. The highest BCUT2D eigenvalue weighted by Gasteiger charge is 2.21. The molecule has 2 heterocycles. The van der Waals surface area contributed by atoms with E-state index in [0.717, 1.165) is 39.4 Å². The summed E-state index contributed by atoms with van der Waals surface area (Å²) in [6.45, 7) is 7.88. The number of ether oxygens (including phenoxy) is 2. The molecule has 0 bridgehead atoms. The van der Waals surface area contributed by atoms with Crippen molar-refractivity contribution < 1.29 is 9.47 Å². The first kappa shape index (κ1) is 14.8. The Labute approximate surface area is 127 Å². The number of nitrogens with zero attached hydrogens (tertiary/aromatic N) is 1. The van der Waals surface area contributed by atoms with Crippen LogP contribution in [0.2, 0.25) is 0 Å². The van der Waals surface area contributed by atoms with Crippen LogP contribution in [0.3, 0.4) is 0 Å². The summed E-state index contributed by atoms with van der Waals surface area (Å²) >= 11 is 0. The molecule has 2 atom stereocenters. The number of hydrogen-bond acceptors (Lipinski definition) is 4. The first-order valence-corrected chi connectivity index (χ1v) is 8.08. The van der Waals surface area contributed by atoms with Crippen molar-refractivity contribution >= 4 is 5.69 Å². The summed E-state index contributed by atoms with van der Waals surface area (Å²) in [5.74, 6) is 0. The Balaban J connectivity index is 1.45. The van der Waals surface area contributed by atoms with Gasteiger partial charge in [0, 0.05) is 31.9 Å². The van der Waals surface area contributed by atoms with Crippen LogP contribution in [-0.4, -0.2) is 50.0 Å². The molecule has 0 aromatic heterocycles. The van der Waals surface area contributed by atoms with Gasteiger partial charge in [0.1, 0.15) is 0 Å². The third kappa shape index (κ3) is 4.43. The number of nitrogens with one attached hydrogen (secondary N) is 1. The quantitative estimate of drug-likeness (QED) is 0.903. The maximum absolute atomic E-state index is 5.83. The van der Waals surface area contributed by atoms with Crippen LogP contribution in [0.1, 0.15) is 25.3 Å².